The van der Waals surface area contributed by atoms with E-state index in [1.54, 1.807) is 30.3 Å². The van der Waals surface area contributed by atoms with Crippen LogP contribution in [0.5, 0.6) is 0 Å². The van der Waals surface area contributed by atoms with Crippen LogP contribution < -0.4 is 10.6 Å². The van der Waals surface area contributed by atoms with Gasteiger partial charge in [0.25, 0.3) is 5.91 Å². The maximum atomic E-state index is 13.1. The molecule has 128 valence electrons. The molecular formula is C18H20Cl2FN2O+. The van der Waals surface area contributed by atoms with E-state index in [2.05, 4.69) is 19.2 Å². The first kappa shape index (κ1) is 18.7. The van der Waals surface area contributed by atoms with Crippen LogP contribution in [0, 0.1) is 11.7 Å². The number of nitrogens with two attached hydrogens (primary N) is 1. The molecule has 0 fully saturated rings. The Morgan fingerprint density at radius 2 is 1.71 bits per heavy atom. The minimum Gasteiger partial charge on any atom is -0.332 e. The smallest absolute Gasteiger partial charge is 0.279 e. The summed E-state index contributed by atoms with van der Waals surface area (Å²) in [5.74, 6) is -0.183. The van der Waals surface area contributed by atoms with Gasteiger partial charge < -0.3 is 10.6 Å². The van der Waals surface area contributed by atoms with E-state index in [0.29, 0.717) is 15.7 Å². The van der Waals surface area contributed by atoms with E-state index < -0.39 is 0 Å². The molecule has 2 aromatic rings. The number of hydrogen-bond acceptors (Lipinski definition) is 1. The van der Waals surface area contributed by atoms with Gasteiger partial charge >= 0.3 is 0 Å². The first-order valence-corrected chi connectivity index (χ1v) is 8.46. The summed E-state index contributed by atoms with van der Waals surface area (Å²) < 4.78 is 13.1. The van der Waals surface area contributed by atoms with Crippen molar-refractivity contribution in [3.8, 4) is 0 Å². The van der Waals surface area contributed by atoms with Crippen LogP contribution in [0.1, 0.15) is 25.5 Å². The summed E-state index contributed by atoms with van der Waals surface area (Å²) in [6.07, 6.45) is 0. The topological polar surface area (TPSA) is 45.7 Å². The van der Waals surface area contributed by atoms with Crippen LogP contribution in [0.15, 0.2) is 42.5 Å². The first-order chi connectivity index (χ1) is 11.4. The summed E-state index contributed by atoms with van der Waals surface area (Å²) in [7, 11) is 0. The van der Waals surface area contributed by atoms with Gasteiger partial charge in [-0.25, -0.2) is 4.39 Å². The second-order valence-corrected chi connectivity index (χ2v) is 6.72. The molecule has 0 unspecified atom stereocenters. The Hall–Kier alpha value is -1.62. The van der Waals surface area contributed by atoms with Crippen molar-refractivity contribution in [3.63, 3.8) is 0 Å². The minimum atomic E-state index is -0.271. The highest BCUT2D eigenvalue weighted by atomic mass is 35.5. The van der Waals surface area contributed by atoms with E-state index in [1.165, 1.54) is 12.1 Å². The van der Waals surface area contributed by atoms with Gasteiger partial charge in [0, 0.05) is 11.5 Å². The first-order valence-electron chi connectivity index (χ1n) is 7.71. The number of quaternary nitrogens is 1. The third-order valence-electron chi connectivity index (χ3n) is 3.76. The predicted molar refractivity (Wildman–Crippen MR) is 95.9 cm³/mol. The van der Waals surface area contributed by atoms with E-state index in [-0.39, 0.29) is 30.2 Å². The van der Waals surface area contributed by atoms with Gasteiger partial charge in [-0.15, -0.1) is 0 Å². The van der Waals surface area contributed by atoms with Crippen molar-refractivity contribution in [1.29, 1.82) is 0 Å². The zero-order valence-corrected chi connectivity index (χ0v) is 15.0. The molecule has 0 radical (unpaired) electrons. The molecule has 0 saturated heterocycles. The van der Waals surface area contributed by atoms with E-state index in [9.17, 15) is 9.18 Å². The number of amides is 1. The van der Waals surface area contributed by atoms with Crippen molar-refractivity contribution >= 4 is 34.8 Å². The van der Waals surface area contributed by atoms with E-state index >= 15 is 0 Å². The fraction of sp³-hybridized carbons (Fsp3) is 0.278. The van der Waals surface area contributed by atoms with Gasteiger partial charge in [0.1, 0.15) is 11.9 Å². The van der Waals surface area contributed by atoms with Crippen molar-refractivity contribution in [1.82, 2.24) is 0 Å². The van der Waals surface area contributed by atoms with Gasteiger partial charge in [-0.3, -0.25) is 4.79 Å². The lowest BCUT2D eigenvalue weighted by Crippen LogP contribution is -2.88. The monoisotopic (exact) mass is 369 g/mol. The third kappa shape index (κ3) is 4.94. The molecule has 0 heterocycles. The molecule has 6 heteroatoms. The molecule has 0 saturated carbocycles. The average molecular weight is 370 g/mol. The number of hydrogen-bond donors (Lipinski definition) is 2. The lowest BCUT2D eigenvalue weighted by molar-refractivity contribution is -0.692. The molecule has 24 heavy (non-hydrogen) atoms. The third-order valence-corrected chi connectivity index (χ3v) is 4.39. The second kappa shape index (κ2) is 8.47. The average Bonchev–Trinajstić information content (AvgIpc) is 2.52. The Kier molecular flexibility index (Phi) is 6.60. The second-order valence-electron chi connectivity index (χ2n) is 5.91. The largest absolute Gasteiger partial charge is 0.332 e. The number of rotatable bonds is 6. The van der Waals surface area contributed by atoms with Gasteiger partial charge in [0.05, 0.1) is 15.7 Å². The van der Waals surface area contributed by atoms with Crippen LogP contribution in [0.3, 0.4) is 0 Å². The lowest BCUT2D eigenvalue weighted by Gasteiger charge is -2.19. The van der Waals surface area contributed by atoms with Crippen LogP contribution in [0.25, 0.3) is 0 Å². The standard InChI is InChI=1S/C18H19Cl2FN2O/c1-11(2)17(12-6-8-13(21)9-7-12)22-10-16(24)23-18-14(19)4-3-5-15(18)20/h3-9,11,17,22H,10H2,1-2H3,(H,23,24)/p+1/t17-/m0/s1. The highest BCUT2D eigenvalue weighted by molar-refractivity contribution is 6.39. The molecule has 0 aliphatic rings. The molecule has 2 rings (SSSR count). The predicted octanol–water partition coefficient (Wildman–Crippen LogP) is 4.03. The molecule has 1 atom stereocenters. The molecule has 0 spiro atoms. The minimum absolute atomic E-state index is 0.0538. The fourth-order valence-corrected chi connectivity index (χ4v) is 3.01. The van der Waals surface area contributed by atoms with Crippen molar-refractivity contribution in [2.75, 3.05) is 11.9 Å². The molecule has 0 aromatic heterocycles. The maximum Gasteiger partial charge on any atom is 0.279 e. The number of anilines is 1. The van der Waals surface area contributed by atoms with Crippen LogP contribution >= 0.6 is 23.2 Å². The van der Waals surface area contributed by atoms with Gasteiger partial charge in [-0.05, 0) is 24.3 Å². The number of halogens is 3. The molecule has 1 amide bonds. The fourth-order valence-electron chi connectivity index (χ4n) is 2.52. The summed E-state index contributed by atoms with van der Waals surface area (Å²) in [4.78, 5) is 12.2. The molecule has 0 bridgehead atoms. The Morgan fingerprint density at radius 3 is 2.25 bits per heavy atom. The van der Waals surface area contributed by atoms with E-state index in [1.807, 2.05) is 5.32 Å². The lowest BCUT2D eigenvalue weighted by atomic mass is 9.96. The Labute approximate surface area is 151 Å². The van der Waals surface area contributed by atoms with Gasteiger partial charge in [0.2, 0.25) is 0 Å². The summed E-state index contributed by atoms with van der Waals surface area (Å²) in [5, 5.41) is 5.46. The number of benzene rings is 2. The number of nitrogens with one attached hydrogen (secondary N) is 1. The zero-order chi connectivity index (χ0) is 17.7. The normalized spacial score (nSPS) is 12.2. The molecular weight excluding hydrogens is 350 g/mol. The summed E-state index contributed by atoms with van der Waals surface area (Å²) in [6, 6.07) is 11.5. The zero-order valence-electron chi connectivity index (χ0n) is 13.5. The summed E-state index contributed by atoms with van der Waals surface area (Å²) in [5.41, 5.74) is 1.40. The van der Waals surface area contributed by atoms with Gasteiger partial charge in [-0.1, -0.05) is 55.2 Å². The number of carbonyl (C=O) groups excluding carboxylic acids is 1. The highest BCUT2D eigenvalue weighted by Crippen LogP contribution is 2.29. The number of para-hydroxylation sites is 1. The SMILES string of the molecule is CC(C)[C@H]([NH2+]CC(=O)Nc1c(Cl)cccc1Cl)c1ccc(F)cc1. The molecule has 0 aliphatic heterocycles. The maximum absolute atomic E-state index is 13.1. The van der Waals surface area contributed by atoms with Gasteiger partial charge in [0.15, 0.2) is 6.54 Å². The van der Waals surface area contributed by atoms with Crippen LogP contribution in [-0.2, 0) is 4.79 Å². The number of carbonyl (C=O) groups is 1. The van der Waals surface area contributed by atoms with Crippen molar-refractivity contribution in [2.45, 2.75) is 19.9 Å². The summed E-state index contributed by atoms with van der Waals surface area (Å²) >= 11 is 12.1. The van der Waals surface area contributed by atoms with Crippen LogP contribution in [0.2, 0.25) is 10.0 Å². The quantitative estimate of drug-likeness (QED) is 0.792. The Balaban J connectivity index is 2.01. The highest BCUT2D eigenvalue weighted by Gasteiger charge is 2.21. The van der Waals surface area contributed by atoms with E-state index in [0.717, 1.165) is 5.56 Å². The Morgan fingerprint density at radius 1 is 1.12 bits per heavy atom. The molecule has 3 nitrogen and oxygen atoms in total. The van der Waals surface area contributed by atoms with Crippen LogP contribution in [-0.4, -0.2) is 12.5 Å². The molecule has 0 aliphatic carbocycles. The van der Waals surface area contributed by atoms with Crippen molar-refractivity contribution in [2.24, 2.45) is 5.92 Å². The van der Waals surface area contributed by atoms with Crippen molar-refractivity contribution in [3.05, 3.63) is 63.9 Å². The van der Waals surface area contributed by atoms with Gasteiger partial charge in [-0.2, -0.15) is 0 Å². The molecule has 3 N–H and O–H groups in total. The Bertz CT molecular complexity index is 684. The summed E-state index contributed by atoms with van der Waals surface area (Å²) in [6.45, 7) is 4.34. The van der Waals surface area contributed by atoms with Crippen LogP contribution in [0.4, 0.5) is 10.1 Å². The van der Waals surface area contributed by atoms with E-state index in [4.69, 9.17) is 23.2 Å². The van der Waals surface area contributed by atoms with Crippen molar-refractivity contribution < 1.29 is 14.5 Å². The molecule has 2 aromatic carbocycles.